The van der Waals surface area contributed by atoms with Gasteiger partial charge in [-0.2, -0.15) is 0 Å². The van der Waals surface area contributed by atoms with E-state index in [1.54, 1.807) is 48.5 Å². The van der Waals surface area contributed by atoms with Gasteiger partial charge in [-0.1, -0.05) is 6.07 Å². The molecule has 3 aromatic rings. The maximum absolute atomic E-state index is 12.7. The standard InChI is InChI=1S/C25H24N2O5/c1-16(19-7-12-22-23(15-19)31-14-2-13-30-22)27-25(29)18-5-10-21(11-6-18)32-20-8-3-17(4-9-20)24(26)28/h3-12,15-16H,2,13-14H2,1H3,(H2,26,28)(H,27,29). The summed E-state index contributed by atoms with van der Waals surface area (Å²) in [6.07, 6.45) is 0.842. The molecule has 1 unspecified atom stereocenters. The molecule has 4 rings (SSSR count). The van der Waals surface area contributed by atoms with E-state index < -0.39 is 5.91 Å². The summed E-state index contributed by atoms with van der Waals surface area (Å²) in [7, 11) is 0. The summed E-state index contributed by atoms with van der Waals surface area (Å²) in [6.45, 7) is 3.17. The van der Waals surface area contributed by atoms with Crippen molar-refractivity contribution in [2.45, 2.75) is 19.4 Å². The summed E-state index contributed by atoms with van der Waals surface area (Å²) < 4.78 is 17.1. The minimum absolute atomic E-state index is 0.193. The molecule has 1 aliphatic heterocycles. The molecule has 0 radical (unpaired) electrons. The number of nitrogens with two attached hydrogens (primary N) is 1. The maximum Gasteiger partial charge on any atom is 0.251 e. The first-order valence-electron chi connectivity index (χ1n) is 10.4. The predicted octanol–water partition coefficient (Wildman–Crippen LogP) is 4.23. The molecule has 0 aliphatic carbocycles. The molecule has 32 heavy (non-hydrogen) atoms. The summed E-state index contributed by atoms with van der Waals surface area (Å²) in [5.41, 5.74) is 7.10. The molecule has 7 heteroatoms. The second-order valence-electron chi connectivity index (χ2n) is 7.47. The third kappa shape index (κ3) is 5.00. The molecule has 164 valence electrons. The molecule has 0 aromatic heterocycles. The Bertz CT molecular complexity index is 1110. The lowest BCUT2D eigenvalue weighted by Gasteiger charge is -2.16. The van der Waals surface area contributed by atoms with Crippen LogP contribution in [-0.4, -0.2) is 25.0 Å². The van der Waals surface area contributed by atoms with E-state index in [9.17, 15) is 9.59 Å². The van der Waals surface area contributed by atoms with Gasteiger partial charge in [-0.15, -0.1) is 0 Å². The van der Waals surface area contributed by atoms with Crippen molar-refractivity contribution >= 4 is 11.8 Å². The number of fused-ring (bicyclic) bond motifs is 1. The number of nitrogens with one attached hydrogen (secondary N) is 1. The smallest absolute Gasteiger partial charge is 0.251 e. The van der Waals surface area contributed by atoms with Crippen molar-refractivity contribution in [3.8, 4) is 23.0 Å². The minimum Gasteiger partial charge on any atom is -0.490 e. The van der Waals surface area contributed by atoms with E-state index in [0.717, 1.165) is 17.7 Å². The Morgan fingerprint density at radius 1 is 0.875 bits per heavy atom. The van der Waals surface area contributed by atoms with Crippen LogP contribution in [0.15, 0.2) is 66.7 Å². The first kappa shape index (κ1) is 21.2. The fourth-order valence-electron chi connectivity index (χ4n) is 3.31. The second-order valence-corrected chi connectivity index (χ2v) is 7.47. The fourth-order valence-corrected chi connectivity index (χ4v) is 3.31. The first-order valence-corrected chi connectivity index (χ1v) is 10.4. The van der Waals surface area contributed by atoms with Crippen LogP contribution < -0.4 is 25.3 Å². The van der Waals surface area contributed by atoms with E-state index in [1.165, 1.54) is 0 Å². The van der Waals surface area contributed by atoms with Crippen LogP contribution in [0.2, 0.25) is 0 Å². The van der Waals surface area contributed by atoms with Crippen LogP contribution in [-0.2, 0) is 0 Å². The van der Waals surface area contributed by atoms with E-state index in [0.29, 0.717) is 41.6 Å². The molecular formula is C25H24N2O5. The fraction of sp³-hybridized carbons (Fsp3) is 0.200. The number of rotatable bonds is 6. The molecule has 3 aromatic carbocycles. The van der Waals surface area contributed by atoms with Crippen molar-refractivity contribution in [1.29, 1.82) is 0 Å². The number of benzene rings is 3. The van der Waals surface area contributed by atoms with Gasteiger partial charge in [0.1, 0.15) is 11.5 Å². The van der Waals surface area contributed by atoms with Gasteiger partial charge in [0, 0.05) is 17.5 Å². The summed E-state index contributed by atoms with van der Waals surface area (Å²) >= 11 is 0. The largest absolute Gasteiger partial charge is 0.490 e. The van der Waals surface area contributed by atoms with Gasteiger partial charge in [0.15, 0.2) is 11.5 Å². The molecule has 0 saturated heterocycles. The van der Waals surface area contributed by atoms with Gasteiger partial charge in [0.2, 0.25) is 5.91 Å². The van der Waals surface area contributed by atoms with Crippen LogP contribution in [0.5, 0.6) is 23.0 Å². The van der Waals surface area contributed by atoms with Crippen LogP contribution in [0.25, 0.3) is 0 Å². The average Bonchev–Trinajstić information content (AvgIpc) is 3.04. The summed E-state index contributed by atoms with van der Waals surface area (Å²) in [4.78, 5) is 23.8. The first-order chi connectivity index (χ1) is 15.5. The minimum atomic E-state index is -0.493. The zero-order chi connectivity index (χ0) is 22.5. The normalized spacial score (nSPS) is 13.5. The molecule has 1 atom stereocenters. The van der Waals surface area contributed by atoms with Gasteiger partial charge in [-0.05, 0) is 73.2 Å². The number of hydrogen-bond donors (Lipinski definition) is 2. The molecule has 0 bridgehead atoms. The lowest BCUT2D eigenvalue weighted by molar-refractivity contribution is 0.0938. The zero-order valence-corrected chi connectivity index (χ0v) is 17.7. The Labute approximate surface area is 186 Å². The van der Waals surface area contributed by atoms with E-state index in [-0.39, 0.29) is 11.9 Å². The lowest BCUT2D eigenvalue weighted by Crippen LogP contribution is -2.26. The van der Waals surface area contributed by atoms with E-state index in [4.69, 9.17) is 19.9 Å². The Morgan fingerprint density at radius 2 is 1.47 bits per heavy atom. The number of ether oxygens (including phenoxy) is 3. The predicted molar refractivity (Wildman–Crippen MR) is 119 cm³/mol. The van der Waals surface area contributed by atoms with Crippen molar-refractivity contribution in [3.63, 3.8) is 0 Å². The van der Waals surface area contributed by atoms with Crippen molar-refractivity contribution < 1.29 is 23.8 Å². The van der Waals surface area contributed by atoms with Crippen molar-refractivity contribution in [1.82, 2.24) is 5.32 Å². The molecule has 0 fully saturated rings. The molecule has 7 nitrogen and oxygen atoms in total. The van der Waals surface area contributed by atoms with Crippen molar-refractivity contribution in [3.05, 3.63) is 83.4 Å². The Morgan fingerprint density at radius 3 is 2.09 bits per heavy atom. The molecule has 1 heterocycles. The summed E-state index contributed by atoms with van der Waals surface area (Å²) in [5.74, 6) is 1.88. The molecule has 1 aliphatic rings. The van der Waals surface area contributed by atoms with Gasteiger partial charge in [0.25, 0.3) is 5.91 Å². The van der Waals surface area contributed by atoms with Gasteiger partial charge >= 0.3 is 0 Å². The van der Waals surface area contributed by atoms with E-state index in [2.05, 4.69) is 5.32 Å². The third-order valence-corrected chi connectivity index (χ3v) is 5.11. The summed E-state index contributed by atoms with van der Waals surface area (Å²) in [5, 5.41) is 3.00. The monoisotopic (exact) mass is 432 g/mol. The molecule has 3 N–H and O–H groups in total. The zero-order valence-electron chi connectivity index (χ0n) is 17.7. The number of carbonyl (C=O) groups is 2. The highest BCUT2D eigenvalue weighted by molar-refractivity contribution is 5.94. The van der Waals surface area contributed by atoms with Crippen LogP contribution >= 0.6 is 0 Å². The van der Waals surface area contributed by atoms with Crippen molar-refractivity contribution in [2.75, 3.05) is 13.2 Å². The van der Waals surface area contributed by atoms with Crippen LogP contribution in [0.3, 0.4) is 0 Å². The maximum atomic E-state index is 12.7. The highest BCUT2D eigenvalue weighted by Gasteiger charge is 2.16. The highest BCUT2D eigenvalue weighted by Crippen LogP contribution is 2.32. The van der Waals surface area contributed by atoms with Gasteiger partial charge in [-0.25, -0.2) is 0 Å². The quantitative estimate of drug-likeness (QED) is 0.607. The molecular weight excluding hydrogens is 408 g/mol. The van der Waals surface area contributed by atoms with E-state index >= 15 is 0 Å². The highest BCUT2D eigenvalue weighted by atomic mass is 16.5. The van der Waals surface area contributed by atoms with Crippen LogP contribution in [0, 0.1) is 0 Å². The van der Waals surface area contributed by atoms with Gasteiger partial charge in [-0.3, -0.25) is 9.59 Å². The van der Waals surface area contributed by atoms with E-state index in [1.807, 2.05) is 25.1 Å². The number of amides is 2. The molecule has 0 spiro atoms. The topological polar surface area (TPSA) is 99.9 Å². The molecule has 0 saturated carbocycles. The van der Waals surface area contributed by atoms with Gasteiger partial charge < -0.3 is 25.3 Å². The van der Waals surface area contributed by atoms with Gasteiger partial charge in [0.05, 0.1) is 19.3 Å². The Kier molecular flexibility index (Phi) is 6.26. The SMILES string of the molecule is CC(NC(=O)c1ccc(Oc2ccc(C(N)=O)cc2)cc1)c1ccc2c(c1)OCCCO2. The number of primary amides is 1. The van der Waals surface area contributed by atoms with Crippen LogP contribution in [0.4, 0.5) is 0 Å². The number of carbonyl (C=O) groups excluding carboxylic acids is 2. The lowest BCUT2D eigenvalue weighted by atomic mass is 10.1. The molecule has 2 amide bonds. The average molecular weight is 432 g/mol. The van der Waals surface area contributed by atoms with Crippen LogP contribution in [0.1, 0.15) is 45.7 Å². The van der Waals surface area contributed by atoms with Crippen molar-refractivity contribution in [2.24, 2.45) is 5.73 Å². The Hall–Kier alpha value is -4.00. The summed E-state index contributed by atoms with van der Waals surface area (Å²) in [6, 6.07) is 18.9. The Balaban J connectivity index is 1.38. The third-order valence-electron chi connectivity index (χ3n) is 5.11. The second kappa shape index (κ2) is 9.43. The number of hydrogen-bond acceptors (Lipinski definition) is 5.